The van der Waals surface area contributed by atoms with Gasteiger partial charge in [0.15, 0.2) is 0 Å². The topological polar surface area (TPSA) is 21.3 Å². The Hall–Kier alpha value is -0.0800. The lowest BCUT2D eigenvalue weighted by Crippen LogP contribution is -2.54. The first-order chi connectivity index (χ1) is 9.14. The normalized spacial score (nSPS) is 23.6. The van der Waals surface area contributed by atoms with Gasteiger partial charge in [-0.2, -0.15) is 0 Å². The second-order valence-corrected chi connectivity index (χ2v) is 8.60. The molecule has 0 heterocycles. The Kier molecular flexibility index (Phi) is 6.10. The van der Waals surface area contributed by atoms with E-state index in [2.05, 4.69) is 53.9 Å². The molecule has 1 atom stereocenters. The standard InChI is InChI=1S/C18H37NO/c1-8-20-18(13-11-17(5,6)12-14-18)15(19-7)9-10-16(2,3)4/h15,19H,8-14H2,1-7H3. The zero-order valence-corrected chi connectivity index (χ0v) is 14.9. The lowest BCUT2D eigenvalue weighted by molar-refractivity contribution is -0.107. The van der Waals surface area contributed by atoms with Crippen molar-refractivity contribution in [3.63, 3.8) is 0 Å². The van der Waals surface area contributed by atoms with Gasteiger partial charge in [0.2, 0.25) is 0 Å². The van der Waals surface area contributed by atoms with Crippen molar-refractivity contribution in [3.05, 3.63) is 0 Å². The number of hydrogen-bond donors (Lipinski definition) is 1. The zero-order chi connectivity index (χ0) is 15.4. The molecule has 0 radical (unpaired) electrons. The second-order valence-electron chi connectivity index (χ2n) is 8.60. The van der Waals surface area contributed by atoms with E-state index in [4.69, 9.17) is 4.74 Å². The fourth-order valence-corrected chi connectivity index (χ4v) is 3.48. The lowest BCUT2D eigenvalue weighted by atomic mass is 9.67. The van der Waals surface area contributed by atoms with E-state index in [1.165, 1.54) is 38.5 Å². The number of ether oxygens (including phenoxy) is 1. The van der Waals surface area contributed by atoms with Crippen LogP contribution in [-0.4, -0.2) is 25.3 Å². The van der Waals surface area contributed by atoms with Gasteiger partial charge < -0.3 is 10.1 Å². The fourth-order valence-electron chi connectivity index (χ4n) is 3.48. The molecule has 0 aliphatic heterocycles. The van der Waals surface area contributed by atoms with Crippen LogP contribution in [0.2, 0.25) is 0 Å². The van der Waals surface area contributed by atoms with Crippen molar-refractivity contribution < 1.29 is 4.74 Å². The van der Waals surface area contributed by atoms with Crippen LogP contribution in [0.5, 0.6) is 0 Å². The highest BCUT2D eigenvalue weighted by atomic mass is 16.5. The molecule has 1 saturated carbocycles. The highest BCUT2D eigenvalue weighted by Gasteiger charge is 2.44. The van der Waals surface area contributed by atoms with Crippen molar-refractivity contribution in [3.8, 4) is 0 Å². The van der Waals surface area contributed by atoms with Crippen molar-refractivity contribution in [1.29, 1.82) is 0 Å². The maximum absolute atomic E-state index is 6.32. The molecule has 120 valence electrons. The van der Waals surface area contributed by atoms with Crippen LogP contribution in [0.3, 0.4) is 0 Å². The molecule has 1 aliphatic carbocycles. The third-order valence-corrected chi connectivity index (χ3v) is 5.05. The van der Waals surface area contributed by atoms with Crippen LogP contribution in [0.15, 0.2) is 0 Å². The van der Waals surface area contributed by atoms with E-state index in [-0.39, 0.29) is 5.60 Å². The van der Waals surface area contributed by atoms with E-state index >= 15 is 0 Å². The van der Waals surface area contributed by atoms with Crippen molar-refractivity contribution in [2.75, 3.05) is 13.7 Å². The first-order valence-corrected chi connectivity index (χ1v) is 8.45. The first kappa shape index (κ1) is 18.0. The summed E-state index contributed by atoms with van der Waals surface area (Å²) >= 11 is 0. The average molecular weight is 284 g/mol. The Morgan fingerprint density at radius 1 is 1.10 bits per heavy atom. The Balaban J connectivity index is 2.76. The summed E-state index contributed by atoms with van der Waals surface area (Å²) in [4.78, 5) is 0. The zero-order valence-electron chi connectivity index (χ0n) is 14.9. The molecule has 1 fully saturated rings. The average Bonchev–Trinajstić information content (AvgIpc) is 2.32. The second kappa shape index (κ2) is 6.79. The van der Waals surface area contributed by atoms with E-state index in [1.54, 1.807) is 0 Å². The van der Waals surface area contributed by atoms with Crippen molar-refractivity contribution in [2.24, 2.45) is 10.8 Å². The van der Waals surface area contributed by atoms with Crippen molar-refractivity contribution >= 4 is 0 Å². The van der Waals surface area contributed by atoms with Gasteiger partial charge in [-0.25, -0.2) is 0 Å². The lowest BCUT2D eigenvalue weighted by Gasteiger charge is -2.48. The molecule has 1 unspecified atom stereocenters. The maximum atomic E-state index is 6.32. The molecule has 0 amide bonds. The van der Waals surface area contributed by atoms with Crippen LogP contribution < -0.4 is 5.32 Å². The third-order valence-electron chi connectivity index (χ3n) is 5.05. The molecule has 20 heavy (non-hydrogen) atoms. The largest absolute Gasteiger partial charge is 0.374 e. The van der Waals surface area contributed by atoms with Crippen LogP contribution in [0, 0.1) is 10.8 Å². The summed E-state index contributed by atoms with van der Waals surface area (Å²) in [5.41, 5.74) is 0.948. The fraction of sp³-hybridized carbons (Fsp3) is 1.00. The Morgan fingerprint density at radius 3 is 2.05 bits per heavy atom. The molecule has 2 heteroatoms. The van der Waals surface area contributed by atoms with Gasteiger partial charge >= 0.3 is 0 Å². The maximum Gasteiger partial charge on any atom is 0.0834 e. The van der Waals surface area contributed by atoms with E-state index in [0.29, 0.717) is 16.9 Å². The number of hydrogen-bond acceptors (Lipinski definition) is 2. The van der Waals surface area contributed by atoms with Gasteiger partial charge in [-0.15, -0.1) is 0 Å². The molecule has 0 aromatic rings. The van der Waals surface area contributed by atoms with Gasteiger partial charge in [-0.3, -0.25) is 0 Å². The van der Waals surface area contributed by atoms with Gasteiger partial charge in [-0.1, -0.05) is 34.6 Å². The predicted octanol–water partition coefficient (Wildman–Crippen LogP) is 4.78. The highest BCUT2D eigenvalue weighted by molar-refractivity contribution is 4.98. The molecule has 2 nitrogen and oxygen atoms in total. The van der Waals surface area contributed by atoms with E-state index in [0.717, 1.165) is 6.61 Å². The predicted molar refractivity (Wildman–Crippen MR) is 88.1 cm³/mol. The molecule has 0 saturated heterocycles. The van der Waals surface area contributed by atoms with Crippen molar-refractivity contribution in [1.82, 2.24) is 5.32 Å². The van der Waals surface area contributed by atoms with Crippen LogP contribution in [0.4, 0.5) is 0 Å². The molecule has 1 aliphatic rings. The van der Waals surface area contributed by atoms with Crippen molar-refractivity contribution in [2.45, 2.75) is 91.7 Å². The molecule has 0 spiro atoms. The van der Waals surface area contributed by atoms with Crippen LogP contribution in [-0.2, 0) is 4.74 Å². The molecular weight excluding hydrogens is 246 g/mol. The summed E-state index contributed by atoms with van der Waals surface area (Å²) in [5, 5.41) is 3.57. The quantitative estimate of drug-likeness (QED) is 0.757. The van der Waals surface area contributed by atoms with Gasteiger partial charge in [0, 0.05) is 12.6 Å². The van der Waals surface area contributed by atoms with E-state index in [9.17, 15) is 0 Å². The number of likely N-dealkylation sites (N-methyl/N-ethyl adjacent to an activating group) is 1. The van der Waals surface area contributed by atoms with Gasteiger partial charge in [0.25, 0.3) is 0 Å². The Bertz CT molecular complexity index is 280. The van der Waals surface area contributed by atoms with Crippen LogP contribution in [0.1, 0.15) is 80.1 Å². The monoisotopic (exact) mass is 283 g/mol. The summed E-state index contributed by atoms with van der Waals surface area (Å²) in [6.45, 7) is 14.7. The van der Waals surface area contributed by atoms with Gasteiger partial charge in [-0.05, 0) is 63.3 Å². The Labute approximate surface area is 127 Å². The molecule has 0 bridgehead atoms. The number of rotatable bonds is 6. The molecule has 0 aromatic carbocycles. The van der Waals surface area contributed by atoms with E-state index < -0.39 is 0 Å². The van der Waals surface area contributed by atoms with Gasteiger partial charge in [0.1, 0.15) is 0 Å². The van der Waals surface area contributed by atoms with E-state index in [1.807, 2.05) is 0 Å². The first-order valence-electron chi connectivity index (χ1n) is 8.45. The minimum absolute atomic E-state index is 0.0598. The minimum atomic E-state index is 0.0598. The summed E-state index contributed by atoms with van der Waals surface area (Å²) in [7, 11) is 2.11. The minimum Gasteiger partial charge on any atom is -0.374 e. The highest BCUT2D eigenvalue weighted by Crippen LogP contribution is 2.44. The summed E-state index contributed by atoms with van der Waals surface area (Å²) in [6.07, 6.45) is 7.41. The smallest absolute Gasteiger partial charge is 0.0834 e. The Morgan fingerprint density at radius 2 is 1.65 bits per heavy atom. The summed E-state index contributed by atoms with van der Waals surface area (Å²) < 4.78 is 6.32. The molecule has 1 rings (SSSR count). The SMILES string of the molecule is CCOC1(C(CCC(C)(C)C)NC)CCC(C)(C)CC1. The summed E-state index contributed by atoms with van der Waals surface area (Å²) in [5.74, 6) is 0. The summed E-state index contributed by atoms with van der Waals surface area (Å²) in [6, 6.07) is 0.484. The number of nitrogens with one attached hydrogen (secondary N) is 1. The van der Waals surface area contributed by atoms with Gasteiger partial charge in [0.05, 0.1) is 5.60 Å². The third kappa shape index (κ3) is 5.04. The van der Waals surface area contributed by atoms with Crippen LogP contribution in [0.25, 0.3) is 0 Å². The van der Waals surface area contributed by atoms with Crippen LogP contribution >= 0.6 is 0 Å². The molecule has 0 aromatic heterocycles. The molecular formula is C18H37NO. The molecule has 1 N–H and O–H groups in total.